The van der Waals surface area contributed by atoms with Crippen molar-refractivity contribution in [2.45, 2.75) is 6.04 Å². The van der Waals surface area contributed by atoms with Crippen LogP contribution in [0.3, 0.4) is 0 Å². The van der Waals surface area contributed by atoms with Crippen molar-refractivity contribution in [3.05, 3.63) is 78.4 Å². The Morgan fingerprint density at radius 2 is 1.66 bits per heavy atom. The summed E-state index contributed by atoms with van der Waals surface area (Å²) in [7, 11) is 1.67. The zero-order valence-corrected chi connectivity index (χ0v) is 19.7. The first-order chi connectivity index (χ1) is 17.2. The zero-order valence-electron chi connectivity index (χ0n) is 19.7. The lowest BCUT2D eigenvalue weighted by Crippen LogP contribution is -2.50. The summed E-state index contributed by atoms with van der Waals surface area (Å²) in [6.45, 7) is 4.09. The van der Waals surface area contributed by atoms with Gasteiger partial charge in [0.25, 0.3) is 0 Å². The van der Waals surface area contributed by atoms with Crippen LogP contribution in [0.25, 0.3) is 0 Å². The second kappa shape index (κ2) is 10.6. The molecule has 1 saturated heterocycles. The maximum atomic E-state index is 12.5. The summed E-state index contributed by atoms with van der Waals surface area (Å²) in [4.78, 5) is 17.2. The molecule has 1 amide bonds. The number of rotatable bonds is 7. The molecule has 2 aliphatic rings. The quantitative estimate of drug-likeness (QED) is 0.552. The Bertz CT molecular complexity index is 1130. The molecule has 2 aliphatic heterocycles. The van der Waals surface area contributed by atoms with Gasteiger partial charge >= 0.3 is 6.09 Å². The van der Waals surface area contributed by atoms with Gasteiger partial charge in [0.15, 0.2) is 11.5 Å². The van der Waals surface area contributed by atoms with Gasteiger partial charge in [0.05, 0.1) is 13.2 Å². The van der Waals surface area contributed by atoms with Gasteiger partial charge in [-0.05, 0) is 54.1 Å². The Morgan fingerprint density at radius 1 is 0.914 bits per heavy atom. The molecule has 8 nitrogen and oxygen atoms in total. The van der Waals surface area contributed by atoms with E-state index >= 15 is 0 Å². The second-order valence-corrected chi connectivity index (χ2v) is 8.43. The average molecular weight is 476 g/mol. The molecule has 0 aromatic heterocycles. The first kappa shape index (κ1) is 22.9. The summed E-state index contributed by atoms with van der Waals surface area (Å²) in [5, 5.41) is 2.95. The fourth-order valence-corrected chi connectivity index (χ4v) is 4.47. The molecule has 2 heterocycles. The minimum absolute atomic E-state index is 0.0363. The van der Waals surface area contributed by atoms with Crippen LogP contribution < -0.4 is 29.2 Å². The number of ether oxygens (including phenoxy) is 4. The van der Waals surface area contributed by atoms with Crippen LogP contribution >= 0.6 is 0 Å². The van der Waals surface area contributed by atoms with E-state index in [9.17, 15) is 4.79 Å². The van der Waals surface area contributed by atoms with Gasteiger partial charge in [-0.25, -0.2) is 4.79 Å². The molecule has 0 bridgehead atoms. The lowest BCUT2D eigenvalue weighted by atomic mass is 10.0. The van der Waals surface area contributed by atoms with Gasteiger partial charge < -0.3 is 29.2 Å². The number of para-hydroxylation sites is 1. The van der Waals surface area contributed by atoms with Gasteiger partial charge in [0.1, 0.15) is 11.5 Å². The molecule has 3 aromatic carbocycles. The Kier molecular flexibility index (Phi) is 6.90. The van der Waals surface area contributed by atoms with E-state index in [1.165, 1.54) is 5.69 Å². The topological polar surface area (TPSA) is 72.5 Å². The van der Waals surface area contributed by atoms with E-state index in [1.807, 2.05) is 48.5 Å². The average Bonchev–Trinajstić information content (AvgIpc) is 3.38. The normalized spacial score (nSPS) is 16.0. The molecule has 0 unspecified atom stereocenters. The van der Waals surface area contributed by atoms with Crippen molar-refractivity contribution in [2.24, 2.45) is 0 Å². The molecular weight excluding hydrogens is 446 g/mol. The third-order valence-corrected chi connectivity index (χ3v) is 6.37. The molecule has 8 heteroatoms. The van der Waals surface area contributed by atoms with E-state index in [1.54, 1.807) is 19.2 Å². The van der Waals surface area contributed by atoms with Crippen LogP contribution in [0.15, 0.2) is 72.8 Å². The fourth-order valence-electron chi connectivity index (χ4n) is 4.47. The number of hydrogen-bond acceptors (Lipinski definition) is 7. The van der Waals surface area contributed by atoms with Crippen LogP contribution in [-0.4, -0.2) is 57.6 Å². The SMILES string of the molecule is COc1ccc(N2CCN([C@H](CNC(=O)Oc3ccccc3)c3ccc4c(c3)OCO4)CC2)cc1. The van der Waals surface area contributed by atoms with Crippen molar-refractivity contribution in [2.75, 3.05) is 51.5 Å². The molecule has 0 saturated carbocycles. The highest BCUT2D eigenvalue weighted by atomic mass is 16.7. The predicted octanol–water partition coefficient (Wildman–Crippen LogP) is 4.08. The van der Waals surface area contributed by atoms with E-state index < -0.39 is 6.09 Å². The molecule has 3 aromatic rings. The fraction of sp³-hybridized carbons (Fsp3) is 0.296. The summed E-state index contributed by atoms with van der Waals surface area (Å²) in [5.74, 6) is 2.84. The van der Waals surface area contributed by atoms with Gasteiger partial charge in [-0.1, -0.05) is 24.3 Å². The van der Waals surface area contributed by atoms with Gasteiger partial charge in [-0.2, -0.15) is 0 Å². The molecule has 5 rings (SSSR count). The third-order valence-electron chi connectivity index (χ3n) is 6.37. The molecule has 1 fully saturated rings. The molecule has 35 heavy (non-hydrogen) atoms. The van der Waals surface area contributed by atoms with E-state index in [4.69, 9.17) is 18.9 Å². The van der Waals surface area contributed by atoms with Gasteiger partial charge in [0, 0.05) is 38.4 Å². The Labute approximate surface area is 205 Å². The second-order valence-electron chi connectivity index (χ2n) is 8.43. The van der Waals surface area contributed by atoms with Crippen molar-refractivity contribution in [3.63, 3.8) is 0 Å². The first-order valence-electron chi connectivity index (χ1n) is 11.7. The maximum Gasteiger partial charge on any atom is 0.412 e. The first-order valence-corrected chi connectivity index (χ1v) is 11.7. The Morgan fingerprint density at radius 3 is 2.40 bits per heavy atom. The zero-order chi connectivity index (χ0) is 24.0. The minimum atomic E-state index is -0.473. The molecule has 182 valence electrons. The number of anilines is 1. The summed E-state index contributed by atoms with van der Waals surface area (Å²) in [5.41, 5.74) is 2.24. The number of piperazine rings is 1. The Hall–Kier alpha value is -3.91. The van der Waals surface area contributed by atoms with Crippen molar-refractivity contribution in [1.82, 2.24) is 10.2 Å². The van der Waals surface area contributed by atoms with Crippen LogP contribution in [0.5, 0.6) is 23.0 Å². The van der Waals surface area contributed by atoms with Crippen LogP contribution in [0.2, 0.25) is 0 Å². The highest BCUT2D eigenvalue weighted by Crippen LogP contribution is 2.36. The summed E-state index contributed by atoms with van der Waals surface area (Å²) in [6.07, 6.45) is -0.473. The number of hydrogen-bond donors (Lipinski definition) is 1. The van der Waals surface area contributed by atoms with Crippen molar-refractivity contribution in [3.8, 4) is 23.0 Å². The largest absolute Gasteiger partial charge is 0.497 e. The minimum Gasteiger partial charge on any atom is -0.497 e. The summed E-state index contributed by atoms with van der Waals surface area (Å²) >= 11 is 0. The standard InChI is InChI=1S/C27H29N3O5/c1-32-22-10-8-21(9-11-22)29-13-15-30(16-14-29)24(20-7-12-25-26(17-20)34-19-33-25)18-28-27(31)35-23-5-3-2-4-6-23/h2-12,17,24H,13-16,18-19H2,1H3,(H,28,31)/t24-/m1/s1. The third kappa shape index (κ3) is 5.44. The number of carbonyl (C=O) groups excluding carboxylic acids is 1. The van der Waals surface area contributed by atoms with Crippen LogP contribution in [0.4, 0.5) is 10.5 Å². The molecule has 0 aliphatic carbocycles. The molecule has 0 radical (unpaired) electrons. The number of benzene rings is 3. The van der Waals surface area contributed by atoms with Gasteiger partial charge in [-0.15, -0.1) is 0 Å². The number of nitrogens with one attached hydrogen (secondary N) is 1. The number of fused-ring (bicyclic) bond motifs is 1. The van der Waals surface area contributed by atoms with Crippen LogP contribution in [0, 0.1) is 0 Å². The van der Waals surface area contributed by atoms with Crippen molar-refractivity contribution in [1.29, 1.82) is 0 Å². The Balaban J connectivity index is 1.27. The number of methoxy groups -OCH3 is 1. The van der Waals surface area contributed by atoms with E-state index in [-0.39, 0.29) is 12.8 Å². The lowest BCUT2D eigenvalue weighted by molar-refractivity contribution is 0.168. The molecule has 0 spiro atoms. The smallest absolute Gasteiger partial charge is 0.412 e. The summed E-state index contributed by atoms with van der Waals surface area (Å²) in [6, 6.07) is 23.2. The highest BCUT2D eigenvalue weighted by molar-refractivity contribution is 5.70. The van der Waals surface area contributed by atoms with Gasteiger partial charge in [0.2, 0.25) is 6.79 Å². The predicted molar refractivity (Wildman–Crippen MR) is 133 cm³/mol. The monoisotopic (exact) mass is 475 g/mol. The van der Waals surface area contributed by atoms with Crippen LogP contribution in [0.1, 0.15) is 11.6 Å². The van der Waals surface area contributed by atoms with E-state index in [0.717, 1.165) is 49.0 Å². The summed E-state index contributed by atoms with van der Waals surface area (Å²) < 4.78 is 21.8. The molecule has 1 atom stereocenters. The molecular formula is C27H29N3O5. The number of carbonyl (C=O) groups is 1. The maximum absolute atomic E-state index is 12.5. The van der Waals surface area contributed by atoms with Crippen molar-refractivity contribution < 1.29 is 23.7 Å². The number of amides is 1. The van der Waals surface area contributed by atoms with Gasteiger partial charge in [-0.3, -0.25) is 4.90 Å². The lowest BCUT2D eigenvalue weighted by Gasteiger charge is -2.40. The number of nitrogens with zero attached hydrogens (tertiary/aromatic N) is 2. The van der Waals surface area contributed by atoms with E-state index in [0.29, 0.717) is 12.3 Å². The van der Waals surface area contributed by atoms with Crippen LogP contribution in [-0.2, 0) is 0 Å². The molecule has 1 N–H and O–H groups in total. The van der Waals surface area contributed by atoms with E-state index in [2.05, 4.69) is 27.2 Å². The highest BCUT2D eigenvalue weighted by Gasteiger charge is 2.27. The van der Waals surface area contributed by atoms with Crippen molar-refractivity contribution >= 4 is 11.8 Å².